The molecule has 1 aliphatic rings. The number of carbonyl (C=O) groups is 1. The number of benzene rings is 1. The number of nitrogens with zero attached hydrogens (tertiary/aromatic N) is 2. The number of methoxy groups -OCH3 is 2. The number of aryl methyl sites for hydroxylation is 1. The lowest BCUT2D eigenvalue weighted by molar-refractivity contribution is -0.118. The Balaban J connectivity index is 1.76. The van der Waals surface area contributed by atoms with Gasteiger partial charge in [-0.25, -0.2) is 0 Å². The summed E-state index contributed by atoms with van der Waals surface area (Å²) in [7, 11) is 3.18. The molecule has 0 atom stereocenters. The van der Waals surface area contributed by atoms with Crippen molar-refractivity contribution in [1.29, 1.82) is 0 Å². The zero-order valence-corrected chi connectivity index (χ0v) is 15.2. The van der Waals surface area contributed by atoms with E-state index in [-0.39, 0.29) is 5.91 Å². The number of ether oxygens (including phenoxy) is 2. The maximum Gasteiger partial charge on any atom is 0.244 e. The average molecular weight is 357 g/mol. The molecule has 1 N–H and O–H groups in total. The molecule has 0 bridgehead atoms. The molecule has 26 heavy (non-hydrogen) atoms. The summed E-state index contributed by atoms with van der Waals surface area (Å²) in [6, 6.07) is 5.44. The fraction of sp³-hybridized carbons (Fsp3) is 0.421. The highest BCUT2D eigenvalue weighted by atomic mass is 16.5. The van der Waals surface area contributed by atoms with Crippen LogP contribution in [0.1, 0.15) is 43.0 Å². The molecule has 7 heteroatoms. The third kappa shape index (κ3) is 3.71. The van der Waals surface area contributed by atoms with Gasteiger partial charge in [-0.05, 0) is 31.1 Å². The fourth-order valence-electron chi connectivity index (χ4n) is 3.28. The Labute approximate surface area is 152 Å². The van der Waals surface area contributed by atoms with E-state index in [2.05, 4.69) is 15.5 Å². The smallest absolute Gasteiger partial charge is 0.244 e. The molecular weight excluding hydrogens is 334 g/mol. The molecule has 1 aliphatic carbocycles. The first-order valence-electron chi connectivity index (χ1n) is 8.59. The van der Waals surface area contributed by atoms with Crippen molar-refractivity contribution in [2.45, 2.75) is 38.1 Å². The van der Waals surface area contributed by atoms with Gasteiger partial charge >= 0.3 is 0 Å². The summed E-state index contributed by atoms with van der Waals surface area (Å²) in [6.45, 7) is 1.75. The highest BCUT2D eigenvalue weighted by Crippen LogP contribution is 2.37. The first-order chi connectivity index (χ1) is 12.6. The SMILES string of the molecule is COc1ccc(/C=C/C(=O)NC2(c3noc(C)n3)CCCC2)c(OC)c1. The van der Waals surface area contributed by atoms with E-state index < -0.39 is 5.54 Å². The van der Waals surface area contributed by atoms with Gasteiger partial charge in [-0.2, -0.15) is 4.98 Å². The minimum absolute atomic E-state index is 0.202. The number of amides is 1. The summed E-state index contributed by atoms with van der Waals surface area (Å²) in [5.74, 6) is 2.18. The number of rotatable bonds is 6. The zero-order chi connectivity index (χ0) is 18.6. The Hall–Kier alpha value is -2.83. The van der Waals surface area contributed by atoms with E-state index in [4.69, 9.17) is 14.0 Å². The van der Waals surface area contributed by atoms with E-state index in [0.717, 1.165) is 31.2 Å². The zero-order valence-electron chi connectivity index (χ0n) is 15.2. The molecule has 0 radical (unpaired) electrons. The predicted octanol–water partition coefficient (Wildman–Crippen LogP) is 2.99. The predicted molar refractivity (Wildman–Crippen MR) is 95.9 cm³/mol. The van der Waals surface area contributed by atoms with Gasteiger partial charge in [0.25, 0.3) is 0 Å². The summed E-state index contributed by atoms with van der Waals surface area (Å²) >= 11 is 0. The molecule has 0 saturated heterocycles. The molecule has 0 aliphatic heterocycles. The van der Waals surface area contributed by atoms with Crippen molar-refractivity contribution in [3.63, 3.8) is 0 Å². The summed E-state index contributed by atoms with van der Waals surface area (Å²) < 4.78 is 15.6. The molecule has 1 aromatic heterocycles. The molecule has 1 saturated carbocycles. The topological polar surface area (TPSA) is 86.5 Å². The van der Waals surface area contributed by atoms with Crippen LogP contribution in [0.4, 0.5) is 0 Å². The lowest BCUT2D eigenvalue weighted by atomic mass is 9.96. The molecule has 1 amide bonds. The monoisotopic (exact) mass is 357 g/mol. The van der Waals surface area contributed by atoms with Crippen LogP contribution in [0.3, 0.4) is 0 Å². The second-order valence-corrected chi connectivity index (χ2v) is 6.36. The third-order valence-electron chi connectivity index (χ3n) is 4.63. The van der Waals surface area contributed by atoms with Gasteiger partial charge in [0.05, 0.1) is 14.2 Å². The van der Waals surface area contributed by atoms with Crippen molar-refractivity contribution >= 4 is 12.0 Å². The van der Waals surface area contributed by atoms with Crippen molar-refractivity contribution in [3.05, 3.63) is 41.6 Å². The molecule has 1 fully saturated rings. The maximum atomic E-state index is 12.5. The Morgan fingerprint density at radius 1 is 1.27 bits per heavy atom. The molecule has 1 aromatic carbocycles. The second kappa shape index (κ2) is 7.59. The van der Waals surface area contributed by atoms with Crippen molar-refractivity contribution in [1.82, 2.24) is 15.5 Å². The van der Waals surface area contributed by atoms with Crippen molar-refractivity contribution in [2.75, 3.05) is 14.2 Å². The van der Waals surface area contributed by atoms with Crippen LogP contribution in [0.15, 0.2) is 28.8 Å². The highest BCUT2D eigenvalue weighted by molar-refractivity contribution is 5.92. The fourth-order valence-corrected chi connectivity index (χ4v) is 3.28. The minimum Gasteiger partial charge on any atom is -0.497 e. The van der Waals surface area contributed by atoms with Gasteiger partial charge < -0.3 is 19.3 Å². The van der Waals surface area contributed by atoms with Crippen LogP contribution in [-0.4, -0.2) is 30.3 Å². The molecule has 0 unspecified atom stereocenters. The average Bonchev–Trinajstić information content (AvgIpc) is 3.29. The lowest BCUT2D eigenvalue weighted by Crippen LogP contribution is -2.44. The lowest BCUT2D eigenvalue weighted by Gasteiger charge is -2.26. The van der Waals surface area contributed by atoms with Crippen molar-refractivity contribution < 1.29 is 18.8 Å². The summed E-state index contributed by atoms with van der Waals surface area (Å²) in [4.78, 5) is 16.9. The third-order valence-corrected chi connectivity index (χ3v) is 4.63. The molecule has 2 aromatic rings. The van der Waals surface area contributed by atoms with E-state index in [1.165, 1.54) is 6.08 Å². The van der Waals surface area contributed by atoms with E-state index in [9.17, 15) is 4.79 Å². The van der Waals surface area contributed by atoms with E-state index in [1.807, 2.05) is 12.1 Å². The number of carbonyl (C=O) groups excluding carboxylic acids is 1. The van der Waals surface area contributed by atoms with Crippen molar-refractivity contribution in [3.8, 4) is 11.5 Å². The Morgan fingerprint density at radius 2 is 2.04 bits per heavy atom. The minimum atomic E-state index is -0.552. The maximum absolute atomic E-state index is 12.5. The quantitative estimate of drug-likeness (QED) is 0.800. The number of aromatic nitrogens is 2. The summed E-state index contributed by atoms with van der Waals surface area (Å²) in [5, 5.41) is 7.10. The van der Waals surface area contributed by atoms with Gasteiger partial charge in [0, 0.05) is 24.6 Å². The number of hydrogen-bond acceptors (Lipinski definition) is 6. The molecular formula is C19H23N3O4. The molecule has 3 rings (SSSR count). The first kappa shape index (κ1) is 18.0. The van der Waals surface area contributed by atoms with Crippen LogP contribution < -0.4 is 14.8 Å². The van der Waals surface area contributed by atoms with Gasteiger partial charge in [-0.3, -0.25) is 4.79 Å². The van der Waals surface area contributed by atoms with Crippen LogP contribution in [0.2, 0.25) is 0 Å². The van der Waals surface area contributed by atoms with Crippen LogP contribution in [0, 0.1) is 6.92 Å². The number of hydrogen-bond donors (Lipinski definition) is 1. The van der Waals surface area contributed by atoms with Gasteiger partial charge in [-0.15, -0.1) is 0 Å². The second-order valence-electron chi connectivity index (χ2n) is 6.36. The van der Waals surface area contributed by atoms with Crippen LogP contribution in [-0.2, 0) is 10.3 Å². The Morgan fingerprint density at radius 3 is 2.65 bits per heavy atom. The Kier molecular flexibility index (Phi) is 5.25. The molecule has 138 valence electrons. The van der Waals surface area contributed by atoms with Crippen LogP contribution in [0.5, 0.6) is 11.5 Å². The van der Waals surface area contributed by atoms with E-state index in [0.29, 0.717) is 23.2 Å². The standard InChI is InChI=1S/C19H23N3O4/c1-13-20-18(22-26-13)19(10-4-5-11-19)21-17(23)9-7-14-6-8-15(24-2)12-16(14)25-3/h6-9,12H,4-5,10-11H2,1-3H3,(H,21,23)/b9-7+. The first-order valence-corrected chi connectivity index (χ1v) is 8.59. The molecule has 1 heterocycles. The van der Waals surface area contributed by atoms with Gasteiger partial charge in [-0.1, -0.05) is 18.0 Å². The summed E-state index contributed by atoms with van der Waals surface area (Å²) in [5.41, 5.74) is 0.239. The largest absolute Gasteiger partial charge is 0.497 e. The van der Waals surface area contributed by atoms with Gasteiger partial charge in [0.2, 0.25) is 11.8 Å². The van der Waals surface area contributed by atoms with Crippen LogP contribution in [0.25, 0.3) is 6.08 Å². The normalized spacial score (nSPS) is 16.0. The van der Waals surface area contributed by atoms with Crippen molar-refractivity contribution in [2.24, 2.45) is 0 Å². The Bertz CT molecular complexity index is 807. The van der Waals surface area contributed by atoms with E-state index >= 15 is 0 Å². The van der Waals surface area contributed by atoms with Crippen LogP contribution >= 0.6 is 0 Å². The van der Waals surface area contributed by atoms with Gasteiger partial charge in [0.15, 0.2) is 5.82 Å². The van der Waals surface area contributed by atoms with E-state index in [1.54, 1.807) is 33.3 Å². The summed E-state index contributed by atoms with van der Waals surface area (Å²) in [6.07, 6.45) is 6.86. The highest BCUT2D eigenvalue weighted by Gasteiger charge is 2.40. The molecule has 7 nitrogen and oxygen atoms in total. The number of nitrogens with one attached hydrogen (secondary N) is 1. The molecule has 0 spiro atoms. The van der Waals surface area contributed by atoms with Gasteiger partial charge in [0.1, 0.15) is 17.0 Å².